The van der Waals surface area contributed by atoms with Crippen LogP contribution >= 0.6 is 24.8 Å². The zero-order chi connectivity index (χ0) is 17.4. The SMILES string of the molecule is Cl.Cl.Nc1ccc2[nH]c(C(=O)Nc3cccc(-c4cnc(N)[nH]4)c3)cc2c1. The molecule has 9 heteroatoms. The lowest BCUT2D eigenvalue weighted by molar-refractivity contribution is 0.102. The number of nitrogens with two attached hydrogens (primary N) is 2. The van der Waals surface area contributed by atoms with Crippen molar-refractivity contribution in [3.05, 3.63) is 60.4 Å². The highest BCUT2D eigenvalue weighted by Crippen LogP contribution is 2.23. The van der Waals surface area contributed by atoms with Gasteiger partial charge in [-0.2, -0.15) is 0 Å². The molecule has 27 heavy (non-hydrogen) atoms. The van der Waals surface area contributed by atoms with Gasteiger partial charge in [0.05, 0.1) is 11.9 Å². The maximum atomic E-state index is 12.5. The monoisotopic (exact) mass is 404 g/mol. The number of halogens is 2. The van der Waals surface area contributed by atoms with Crippen molar-refractivity contribution < 1.29 is 4.79 Å². The van der Waals surface area contributed by atoms with Crippen molar-refractivity contribution >= 4 is 58.9 Å². The Morgan fingerprint density at radius 2 is 1.81 bits per heavy atom. The van der Waals surface area contributed by atoms with Crippen LogP contribution in [0.3, 0.4) is 0 Å². The predicted molar refractivity (Wildman–Crippen MR) is 114 cm³/mol. The number of anilines is 3. The Kier molecular flexibility index (Phi) is 5.99. The minimum atomic E-state index is -0.226. The van der Waals surface area contributed by atoms with Gasteiger partial charge in [-0.25, -0.2) is 4.98 Å². The first kappa shape index (κ1) is 20.2. The topological polar surface area (TPSA) is 126 Å². The fourth-order valence-corrected chi connectivity index (χ4v) is 2.72. The molecule has 0 saturated carbocycles. The molecule has 7 nitrogen and oxygen atoms in total. The van der Waals surface area contributed by atoms with E-state index in [1.165, 1.54) is 0 Å². The number of hydrogen-bond acceptors (Lipinski definition) is 4. The van der Waals surface area contributed by atoms with Crippen LogP contribution in [0.15, 0.2) is 54.7 Å². The maximum Gasteiger partial charge on any atom is 0.272 e. The number of nitrogens with one attached hydrogen (secondary N) is 3. The second-order valence-corrected chi connectivity index (χ2v) is 5.75. The van der Waals surface area contributed by atoms with Crippen molar-refractivity contribution in [1.82, 2.24) is 15.0 Å². The molecule has 4 aromatic rings. The van der Waals surface area contributed by atoms with Crippen LogP contribution in [0, 0.1) is 0 Å². The molecule has 140 valence electrons. The summed E-state index contributed by atoms with van der Waals surface area (Å²) in [5.74, 6) is 0.123. The third-order valence-electron chi connectivity index (χ3n) is 3.92. The molecular formula is C18H18Cl2N6O. The number of benzene rings is 2. The van der Waals surface area contributed by atoms with E-state index in [4.69, 9.17) is 11.5 Å². The lowest BCUT2D eigenvalue weighted by atomic mass is 10.1. The van der Waals surface area contributed by atoms with Crippen molar-refractivity contribution in [2.45, 2.75) is 0 Å². The number of carbonyl (C=O) groups is 1. The lowest BCUT2D eigenvalue weighted by Gasteiger charge is -2.05. The first-order valence-corrected chi connectivity index (χ1v) is 7.69. The minimum Gasteiger partial charge on any atom is -0.399 e. The molecule has 0 bridgehead atoms. The Morgan fingerprint density at radius 1 is 1.00 bits per heavy atom. The molecule has 2 aromatic heterocycles. The number of amides is 1. The van der Waals surface area contributed by atoms with Gasteiger partial charge in [0.25, 0.3) is 5.91 Å². The average Bonchev–Trinajstić information content (AvgIpc) is 3.21. The molecule has 0 aliphatic rings. The molecule has 0 unspecified atom stereocenters. The van der Waals surface area contributed by atoms with E-state index < -0.39 is 0 Å². The summed E-state index contributed by atoms with van der Waals surface area (Å²) < 4.78 is 0. The summed E-state index contributed by atoms with van der Waals surface area (Å²) in [6, 6.07) is 14.7. The van der Waals surface area contributed by atoms with Gasteiger partial charge >= 0.3 is 0 Å². The number of nitrogens with zero attached hydrogens (tertiary/aromatic N) is 1. The molecule has 4 rings (SSSR count). The third kappa shape index (κ3) is 4.16. The summed E-state index contributed by atoms with van der Waals surface area (Å²) in [6.45, 7) is 0. The third-order valence-corrected chi connectivity index (χ3v) is 3.92. The van der Waals surface area contributed by atoms with Crippen LogP contribution in [0.5, 0.6) is 0 Å². The molecule has 0 spiro atoms. The van der Waals surface area contributed by atoms with E-state index in [9.17, 15) is 4.79 Å². The molecule has 0 aliphatic heterocycles. The van der Waals surface area contributed by atoms with E-state index in [0.717, 1.165) is 22.2 Å². The van der Waals surface area contributed by atoms with Gasteiger partial charge in [-0.15, -0.1) is 24.8 Å². The van der Waals surface area contributed by atoms with Crippen LogP contribution < -0.4 is 16.8 Å². The van der Waals surface area contributed by atoms with E-state index in [1.807, 2.05) is 36.4 Å². The van der Waals surface area contributed by atoms with E-state index in [2.05, 4.69) is 20.3 Å². The molecule has 0 aliphatic carbocycles. The first-order valence-electron chi connectivity index (χ1n) is 7.69. The van der Waals surface area contributed by atoms with Gasteiger partial charge in [0.15, 0.2) is 5.95 Å². The first-order chi connectivity index (χ1) is 12.1. The Balaban J connectivity index is 0.00000131. The summed E-state index contributed by atoms with van der Waals surface area (Å²) in [7, 11) is 0. The number of carbonyl (C=O) groups excluding carboxylic acids is 1. The van der Waals surface area contributed by atoms with Crippen molar-refractivity contribution in [3.8, 4) is 11.3 Å². The fourth-order valence-electron chi connectivity index (χ4n) is 2.72. The molecule has 2 aromatic carbocycles. The minimum absolute atomic E-state index is 0. The molecule has 2 heterocycles. The van der Waals surface area contributed by atoms with Crippen LogP contribution in [0.1, 0.15) is 10.5 Å². The normalized spacial score (nSPS) is 10.1. The Bertz CT molecular complexity index is 1090. The van der Waals surface area contributed by atoms with Gasteiger partial charge in [-0.1, -0.05) is 12.1 Å². The summed E-state index contributed by atoms with van der Waals surface area (Å²) in [4.78, 5) is 22.5. The van der Waals surface area contributed by atoms with Crippen molar-refractivity contribution in [1.29, 1.82) is 0 Å². The second kappa shape index (κ2) is 8.03. The van der Waals surface area contributed by atoms with Gasteiger partial charge in [0, 0.05) is 27.8 Å². The number of fused-ring (bicyclic) bond motifs is 1. The number of H-pyrrole nitrogens is 2. The number of hydrogen-bond donors (Lipinski definition) is 5. The summed E-state index contributed by atoms with van der Waals surface area (Å²) in [6.07, 6.45) is 1.65. The zero-order valence-corrected chi connectivity index (χ0v) is 15.7. The summed E-state index contributed by atoms with van der Waals surface area (Å²) >= 11 is 0. The molecule has 7 N–H and O–H groups in total. The van der Waals surface area contributed by atoms with Gasteiger partial charge in [-0.3, -0.25) is 4.79 Å². The van der Waals surface area contributed by atoms with E-state index in [-0.39, 0.29) is 30.7 Å². The van der Waals surface area contributed by atoms with Gasteiger partial charge in [-0.05, 0) is 36.4 Å². The van der Waals surface area contributed by atoms with Crippen LogP contribution in [-0.2, 0) is 0 Å². The van der Waals surface area contributed by atoms with Crippen molar-refractivity contribution in [3.63, 3.8) is 0 Å². The van der Waals surface area contributed by atoms with Gasteiger partial charge in [0.1, 0.15) is 5.69 Å². The highest BCUT2D eigenvalue weighted by Gasteiger charge is 2.11. The van der Waals surface area contributed by atoms with Gasteiger partial charge < -0.3 is 26.8 Å². The highest BCUT2D eigenvalue weighted by molar-refractivity contribution is 6.06. The van der Waals surface area contributed by atoms with Crippen molar-refractivity contribution in [2.75, 3.05) is 16.8 Å². The standard InChI is InChI=1S/C18H16N6O.2ClH/c19-12-4-5-14-11(6-12)8-15(23-14)17(25)22-13-3-1-2-10(7-13)16-9-21-18(20)24-16;;/h1-9,23H,19H2,(H,22,25)(H3,20,21,24);2*1H. The maximum absolute atomic E-state index is 12.5. The van der Waals surface area contributed by atoms with E-state index in [1.54, 1.807) is 18.3 Å². The smallest absolute Gasteiger partial charge is 0.272 e. The largest absolute Gasteiger partial charge is 0.399 e. The van der Waals surface area contributed by atoms with Crippen LogP contribution in [-0.4, -0.2) is 20.9 Å². The van der Waals surface area contributed by atoms with Crippen LogP contribution in [0.4, 0.5) is 17.3 Å². The second-order valence-electron chi connectivity index (χ2n) is 5.75. The average molecular weight is 405 g/mol. The Labute approximate surface area is 167 Å². The predicted octanol–water partition coefficient (Wildman–Crippen LogP) is 3.82. The molecular weight excluding hydrogens is 387 g/mol. The van der Waals surface area contributed by atoms with E-state index >= 15 is 0 Å². The molecule has 1 amide bonds. The Hall–Kier alpha value is -3.16. The number of imidazole rings is 1. The number of nitrogen functional groups attached to an aromatic ring is 2. The van der Waals surface area contributed by atoms with E-state index in [0.29, 0.717) is 23.0 Å². The van der Waals surface area contributed by atoms with Gasteiger partial charge in [0.2, 0.25) is 0 Å². The summed E-state index contributed by atoms with van der Waals surface area (Å²) in [5, 5.41) is 3.78. The molecule has 0 fully saturated rings. The fraction of sp³-hybridized carbons (Fsp3) is 0. The number of aromatic nitrogens is 3. The van der Waals surface area contributed by atoms with Crippen molar-refractivity contribution in [2.24, 2.45) is 0 Å². The summed E-state index contributed by atoms with van der Waals surface area (Å²) in [5.41, 5.74) is 15.7. The quantitative estimate of drug-likeness (QED) is 0.332. The lowest BCUT2D eigenvalue weighted by Crippen LogP contribution is -2.12. The molecule has 0 radical (unpaired) electrons. The Morgan fingerprint density at radius 3 is 2.56 bits per heavy atom. The highest BCUT2D eigenvalue weighted by atomic mass is 35.5. The molecule has 0 atom stereocenters. The van der Waals surface area contributed by atoms with Crippen LogP contribution in [0.2, 0.25) is 0 Å². The number of rotatable bonds is 3. The molecule has 0 saturated heterocycles. The van der Waals surface area contributed by atoms with Crippen LogP contribution in [0.25, 0.3) is 22.2 Å². The number of aromatic amines is 2. The zero-order valence-electron chi connectivity index (χ0n) is 14.0.